The van der Waals surface area contributed by atoms with Crippen molar-refractivity contribution in [3.63, 3.8) is 0 Å². The zero-order valence-electron chi connectivity index (χ0n) is 18.0. The third kappa shape index (κ3) is 5.59. The zero-order valence-corrected chi connectivity index (χ0v) is 18.0. The number of aromatic amines is 1. The Labute approximate surface area is 190 Å². The van der Waals surface area contributed by atoms with Gasteiger partial charge in [0.1, 0.15) is 0 Å². The molecule has 0 saturated heterocycles. The van der Waals surface area contributed by atoms with Crippen molar-refractivity contribution in [3.8, 4) is 11.3 Å². The van der Waals surface area contributed by atoms with E-state index >= 15 is 0 Å². The van der Waals surface area contributed by atoms with Crippen LogP contribution in [0.15, 0.2) is 73.1 Å². The first-order chi connectivity index (χ1) is 16.1. The standard InChI is InChI=1S/C24H23N7O2/c1-2-17-8-10-19(11-9-17)23-20(16-31(29-23)15-18-6-4-3-5-7-18)12-13-22(32)27-28-24(33)21-14-25-30-26-21/h3-14,16H,2,15H2,1H3,(H,27,32)(H,28,33)(H,25,26,30). The minimum atomic E-state index is -0.571. The highest BCUT2D eigenvalue weighted by atomic mass is 16.2. The van der Waals surface area contributed by atoms with E-state index in [4.69, 9.17) is 5.10 Å². The van der Waals surface area contributed by atoms with Crippen molar-refractivity contribution in [3.05, 3.63) is 95.5 Å². The number of rotatable bonds is 7. The van der Waals surface area contributed by atoms with Crippen molar-refractivity contribution < 1.29 is 9.59 Å². The van der Waals surface area contributed by atoms with Crippen LogP contribution in [-0.2, 0) is 17.8 Å². The van der Waals surface area contributed by atoms with Crippen LogP contribution in [0, 0.1) is 0 Å². The van der Waals surface area contributed by atoms with Gasteiger partial charge in [0, 0.05) is 23.4 Å². The first kappa shape index (κ1) is 21.7. The summed E-state index contributed by atoms with van der Waals surface area (Å²) in [5, 5.41) is 14.3. The second kappa shape index (κ2) is 10.2. The van der Waals surface area contributed by atoms with Crippen LogP contribution in [0.5, 0.6) is 0 Å². The Kier molecular flexibility index (Phi) is 6.70. The summed E-state index contributed by atoms with van der Waals surface area (Å²) in [5.74, 6) is -1.06. The number of aryl methyl sites for hydroxylation is 1. The molecule has 0 atom stereocenters. The summed E-state index contributed by atoms with van der Waals surface area (Å²) in [6, 6.07) is 18.2. The van der Waals surface area contributed by atoms with Gasteiger partial charge in [-0.3, -0.25) is 25.1 Å². The molecule has 2 aromatic carbocycles. The average molecular weight is 441 g/mol. The van der Waals surface area contributed by atoms with Gasteiger partial charge >= 0.3 is 0 Å². The van der Waals surface area contributed by atoms with Gasteiger partial charge in [0.05, 0.1) is 18.4 Å². The lowest BCUT2D eigenvalue weighted by molar-refractivity contribution is -0.117. The third-order valence-corrected chi connectivity index (χ3v) is 4.97. The Hall–Kier alpha value is -4.53. The number of amides is 2. The van der Waals surface area contributed by atoms with E-state index in [-0.39, 0.29) is 5.69 Å². The van der Waals surface area contributed by atoms with E-state index in [1.165, 1.54) is 17.8 Å². The number of H-pyrrole nitrogens is 1. The molecule has 0 bridgehead atoms. The fourth-order valence-corrected chi connectivity index (χ4v) is 3.23. The molecule has 0 fully saturated rings. The first-order valence-electron chi connectivity index (χ1n) is 10.5. The van der Waals surface area contributed by atoms with Crippen LogP contribution < -0.4 is 10.9 Å². The van der Waals surface area contributed by atoms with Crippen LogP contribution in [0.2, 0.25) is 0 Å². The summed E-state index contributed by atoms with van der Waals surface area (Å²) in [4.78, 5) is 24.1. The molecule has 9 heteroatoms. The average Bonchev–Trinajstić information content (AvgIpc) is 3.52. The van der Waals surface area contributed by atoms with Crippen LogP contribution >= 0.6 is 0 Å². The molecule has 0 spiro atoms. The summed E-state index contributed by atoms with van der Waals surface area (Å²) in [7, 11) is 0. The summed E-state index contributed by atoms with van der Waals surface area (Å²) in [6.45, 7) is 2.71. The fourth-order valence-electron chi connectivity index (χ4n) is 3.23. The number of carbonyl (C=O) groups excluding carboxylic acids is 2. The van der Waals surface area contributed by atoms with Crippen LogP contribution in [0.1, 0.15) is 34.1 Å². The molecule has 2 aromatic heterocycles. The predicted molar refractivity (Wildman–Crippen MR) is 124 cm³/mol. The minimum absolute atomic E-state index is 0.0688. The Morgan fingerprint density at radius 3 is 2.52 bits per heavy atom. The van der Waals surface area contributed by atoms with Gasteiger partial charge in [-0.15, -0.1) is 0 Å². The van der Waals surface area contributed by atoms with Gasteiger partial charge in [-0.1, -0.05) is 61.5 Å². The molecular weight excluding hydrogens is 418 g/mol. The Morgan fingerprint density at radius 2 is 1.82 bits per heavy atom. The molecule has 2 amide bonds. The quantitative estimate of drug-likeness (QED) is 0.301. The molecule has 166 valence electrons. The second-order valence-corrected chi connectivity index (χ2v) is 7.30. The van der Waals surface area contributed by atoms with Crippen molar-refractivity contribution in [1.82, 2.24) is 36.0 Å². The van der Waals surface area contributed by atoms with Gasteiger partial charge < -0.3 is 0 Å². The molecule has 4 aromatic rings. The topological polar surface area (TPSA) is 118 Å². The zero-order chi connectivity index (χ0) is 23.0. The van der Waals surface area contributed by atoms with Crippen molar-refractivity contribution in [2.45, 2.75) is 19.9 Å². The van der Waals surface area contributed by atoms with E-state index in [0.29, 0.717) is 6.54 Å². The minimum Gasteiger partial charge on any atom is -0.268 e. The third-order valence-electron chi connectivity index (χ3n) is 4.97. The molecule has 2 heterocycles. The Bertz CT molecular complexity index is 1240. The molecule has 0 aliphatic rings. The van der Waals surface area contributed by atoms with Gasteiger partial charge in [0.25, 0.3) is 11.8 Å². The number of nitrogens with zero attached hydrogens (tertiary/aromatic N) is 4. The van der Waals surface area contributed by atoms with E-state index in [1.807, 2.05) is 53.3 Å². The predicted octanol–water partition coefficient (Wildman–Crippen LogP) is 2.75. The van der Waals surface area contributed by atoms with Gasteiger partial charge in [-0.2, -0.15) is 20.5 Å². The molecule has 9 nitrogen and oxygen atoms in total. The first-order valence-corrected chi connectivity index (χ1v) is 10.5. The van der Waals surface area contributed by atoms with Gasteiger partial charge in [-0.05, 0) is 23.6 Å². The van der Waals surface area contributed by atoms with E-state index in [9.17, 15) is 9.59 Å². The lowest BCUT2D eigenvalue weighted by atomic mass is 10.0. The highest BCUT2D eigenvalue weighted by Gasteiger charge is 2.12. The maximum Gasteiger partial charge on any atom is 0.291 e. The highest BCUT2D eigenvalue weighted by molar-refractivity contribution is 5.97. The SMILES string of the molecule is CCc1ccc(-c2nn(Cc3ccccc3)cc2C=CC(=O)NNC(=O)c2cn[nH]n2)cc1. The smallest absolute Gasteiger partial charge is 0.268 e. The number of carbonyl (C=O) groups is 2. The normalized spacial score (nSPS) is 10.9. The largest absolute Gasteiger partial charge is 0.291 e. The molecule has 33 heavy (non-hydrogen) atoms. The molecule has 4 rings (SSSR count). The van der Waals surface area contributed by atoms with Crippen LogP contribution in [0.3, 0.4) is 0 Å². The van der Waals surface area contributed by atoms with Gasteiger partial charge in [0.2, 0.25) is 0 Å². The van der Waals surface area contributed by atoms with Crippen LogP contribution in [-0.4, -0.2) is 37.0 Å². The van der Waals surface area contributed by atoms with E-state index < -0.39 is 11.8 Å². The van der Waals surface area contributed by atoms with Crippen molar-refractivity contribution >= 4 is 17.9 Å². The van der Waals surface area contributed by atoms with E-state index in [0.717, 1.165) is 28.8 Å². The number of benzene rings is 2. The number of hydrazine groups is 1. The second-order valence-electron chi connectivity index (χ2n) is 7.30. The van der Waals surface area contributed by atoms with Crippen molar-refractivity contribution in [2.24, 2.45) is 0 Å². The number of nitrogens with one attached hydrogen (secondary N) is 3. The Balaban J connectivity index is 1.52. The van der Waals surface area contributed by atoms with Crippen LogP contribution in [0.4, 0.5) is 0 Å². The van der Waals surface area contributed by atoms with Gasteiger partial charge in [0.15, 0.2) is 5.69 Å². The molecule has 0 aliphatic carbocycles. The molecule has 3 N–H and O–H groups in total. The summed E-state index contributed by atoms with van der Waals surface area (Å²) >= 11 is 0. The Morgan fingerprint density at radius 1 is 1.03 bits per heavy atom. The molecule has 0 unspecified atom stereocenters. The maximum atomic E-state index is 12.2. The van der Waals surface area contributed by atoms with Crippen molar-refractivity contribution in [2.75, 3.05) is 0 Å². The molecule has 0 saturated carbocycles. The van der Waals surface area contributed by atoms with Crippen molar-refractivity contribution in [1.29, 1.82) is 0 Å². The highest BCUT2D eigenvalue weighted by Crippen LogP contribution is 2.24. The summed E-state index contributed by atoms with van der Waals surface area (Å²) < 4.78 is 1.85. The fraction of sp³-hybridized carbons (Fsp3) is 0.125. The lowest BCUT2D eigenvalue weighted by Gasteiger charge is -2.03. The molecule has 0 radical (unpaired) electrons. The number of aromatic nitrogens is 5. The monoisotopic (exact) mass is 441 g/mol. The van der Waals surface area contributed by atoms with E-state index in [1.54, 1.807) is 6.08 Å². The van der Waals surface area contributed by atoms with Crippen LogP contribution in [0.25, 0.3) is 17.3 Å². The lowest BCUT2D eigenvalue weighted by Crippen LogP contribution is -2.40. The van der Waals surface area contributed by atoms with E-state index in [2.05, 4.69) is 45.3 Å². The maximum absolute atomic E-state index is 12.2. The summed E-state index contributed by atoms with van der Waals surface area (Å²) in [6.07, 6.45) is 7.13. The summed E-state index contributed by atoms with van der Waals surface area (Å²) in [5.41, 5.74) is 9.55. The number of hydrogen-bond donors (Lipinski definition) is 3. The molecular formula is C24H23N7O2. The molecule has 0 aliphatic heterocycles. The number of hydrogen-bond acceptors (Lipinski definition) is 5. The van der Waals surface area contributed by atoms with Gasteiger partial charge in [-0.25, -0.2) is 0 Å².